The molecule has 0 bridgehead atoms. The van der Waals surface area contributed by atoms with Crippen molar-refractivity contribution in [3.05, 3.63) is 65.7 Å². The minimum Gasteiger partial charge on any atom is -0.422 e. The molecule has 1 aromatic carbocycles. The SMILES string of the molecule is Cc1c(Nc2ccc(I)cc2F)c2c(=O)n(CCCO)c(C)cc2oc1=O. The van der Waals surface area contributed by atoms with Gasteiger partial charge in [-0.15, -0.1) is 0 Å². The first kappa shape index (κ1) is 19.6. The van der Waals surface area contributed by atoms with Gasteiger partial charge in [-0.2, -0.15) is 0 Å². The molecule has 142 valence electrons. The smallest absolute Gasteiger partial charge is 0.341 e. The van der Waals surface area contributed by atoms with E-state index in [1.54, 1.807) is 25.1 Å². The quantitative estimate of drug-likeness (QED) is 0.543. The molecule has 0 spiro atoms. The number of nitrogens with one attached hydrogen (secondary N) is 1. The van der Waals surface area contributed by atoms with Crippen LogP contribution < -0.4 is 16.5 Å². The Kier molecular flexibility index (Phi) is 5.66. The molecular formula is C19H18FIN2O4. The van der Waals surface area contributed by atoms with Gasteiger partial charge >= 0.3 is 5.63 Å². The Morgan fingerprint density at radius 2 is 2.00 bits per heavy atom. The Labute approximate surface area is 167 Å². The lowest BCUT2D eigenvalue weighted by Gasteiger charge is -2.15. The molecule has 3 aromatic rings. The fraction of sp³-hybridized carbons (Fsp3) is 0.263. The Morgan fingerprint density at radius 1 is 1.26 bits per heavy atom. The third kappa shape index (κ3) is 3.77. The summed E-state index contributed by atoms with van der Waals surface area (Å²) in [7, 11) is 0. The number of aryl methyl sites for hydroxylation is 1. The zero-order valence-corrected chi connectivity index (χ0v) is 17.0. The first-order valence-electron chi connectivity index (χ1n) is 8.34. The highest BCUT2D eigenvalue weighted by Crippen LogP contribution is 2.28. The number of nitrogens with zero attached hydrogens (tertiary/aromatic N) is 1. The lowest BCUT2D eigenvalue weighted by atomic mass is 10.1. The average Bonchev–Trinajstić information content (AvgIpc) is 2.60. The van der Waals surface area contributed by atoms with Gasteiger partial charge in [0.05, 0.1) is 16.9 Å². The molecule has 0 fully saturated rings. The second kappa shape index (κ2) is 7.81. The van der Waals surface area contributed by atoms with E-state index in [9.17, 15) is 14.0 Å². The van der Waals surface area contributed by atoms with Gasteiger partial charge in [0.2, 0.25) is 0 Å². The predicted octanol–water partition coefficient (Wildman–Crippen LogP) is 3.44. The number of rotatable bonds is 5. The summed E-state index contributed by atoms with van der Waals surface area (Å²) < 4.78 is 21.8. The lowest BCUT2D eigenvalue weighted by Crippen LogP contribution is -2.25. The van der Waals surface area contributed by atoms with Gasteiger partial charge in [0.1, 0.15) is 16.8 Å². The van der Waals surface area contributed by atoms with Crippen LogP contribution in [-0.2, 0) is 6.54 Å². The van der Waals surface area contributed by atoms with Crippen LogP contribution in [0.3, 0.4) is 0 Å². The molecule has 3 rings (SSSR count). The first-order chi connectivity index (χ1) is 12.8. The van der Waals surface area contributed by atoms with Crippen molar-refractivity contribution in [3.8, 4) is 0 Å². The molecule has 2 heterocycles. The van der Waals surface area contributed by atoms with Crippen LogP contribution in [0.2, 0.25) is 0 Å². The molecule has 0 unspecified atom stereocenters. The molecule has 0 aliphatic carbocycles. The number of hydrogen-bond donors (Lipinski definition) is 2. The van der Waals surface area contributed by atoms with Crippen LogP contribution in [-0.4, -0.2) is 16.3 Å². The van der Waals surface area contributed by atoms with Crippen molar-refractivity contribution in [2.45, 2.75) is 26.8 Å². The van der Waals surface area contributed by atoms with Gasteiger partial charge in [-0.1, -0.05) is 0 Å². The van der Waals surface area contributed by atoms with Gasteiger partial charge in [-0.05, 0) is 61.1 Å². The van der Waals surface area contributed by atoms with E-state index >= 15 is 0 Å². The Morgan fingerprint density at radius 3 is 2.67 bits per heavy atom. The van der Waals surface area contributed by atoms with E-state index in [0.29, 0.717) is 18.7 Å². The van der Waals surface area contributed by atoms with Crippen LogP contribution in [0.1, 0.15) is 17.7 Å². The predicted molar refractivity (Wildman–Crippen MR) is 110 cm³/mol. The highest BCUT2D eigenvalue weighted by molar-refractivity contribution is 14.1. The van der Waals surface area contributed by atoms with E-state index in [2.05, 4.69) is 5.32 Å². The summed E-state index contributed by atoms with van der Waals surface area (Å²) in [6, 6.07) is 6.23. The largest absolute Gasteiger partial charge is 0.422 e. The maximum absolute atomic E-state index is 14.3. The number of hydrogen-bond acceptors (Lipinski definition) is 5. The van der Waals surface area contributed by atoms with Crippen molar-refractivity contribution in [2.75, 3.05) is 11.9 Å². The molecule has 0 aliphatic heterocycles. The number of fused-ring (bicyclic) bond motifs is 1. The second-order valence-corrected chi connectivity index (χ2v) is 7.44. The number of anilines is 2. The molecule has 8 heteroatoms. The Bertz CT molecular complexity index is 1140. The van der Waals surface area contributed by atoms with E-state index < -0.39 is 11.4 Å². The standard InChI is InChI=1S/C19H18FIN2O4/c1-10-8-15-16(18(25)23(10)6-3-7-24)17(11(2)19(26)27-15)22-14-5-4-12(21)9-13(14)20/h4-5,8-9,22,24H,3,6-7H2,1-2H3. The second-order valence-electron chi connectivity index (χ2n) is 6.20. The van der Waals surface area contributed by atoms with Gasteiger partial charge in [0.15, 0.2) is 0 Å². The average molecular weight is 484 g/mol. The minimum atomic E-state index is -0.595. The highest BCUT2D eigenvalue weighted by atomic mass is 127. The monoisotopic (exact) mass is 484 g/mol. The Hall–Kier alpha value is -2.20. The van der Waals surface area contributed by atoms with Crippen LogP contribution in [0.25, 0.3) is 11.0 Å². The third-order valence-electron chi connectivity index (χ3n) is 4.34. The first-order valence-corrected chi connectivity index (χ1v) is 9.42. The van der Waals surface area contributed by atoms with E-state index in [1.807, 2.05) is 22.6 Å². The maximum Gasteiger partial charge on any atom is 0.341 e. The molecule has 2 aromatic heterocycles. The van der Waals surface area contributed by atoms with Crippen LogP contribution in [0.4, 0.5) is 15.8 Å². The van der Waals surface area contributed by atoms with Crippen LogP contribution in [0, 0.1) is 23.2 Å². The zero-order chi connectivity index (χ0) is 19.7. The van der Waals surface area contributed by atoms with E-state index in [-0.39, 0.29) is 40.1 Å². The molecule has 0 radical (unpaired) electrons. The number of aromatic nitrogens is 1. The lowest BCUT2D eigenvalue weighted by molar-refractivity contribution is 0.278. The summed E-state index contributed by atoms with van der Waals surface area (Å²) in [6.45, 7) is 3.53. The molecule has 0 saturated heterocycles. The van der Waals surface area contributed by atoms with Crippen molar-refractivity contribution in [2.24, 2.45) is 0 Å². The summed E-state index contributed by atoms with van der Waals surface area (Å²) in [5.41, 5.74) is 0.370. The van der Waals surface area contributed by atoms with Crippen LogP contribution >= 0.6 is 22.6 Å². The minimum absolute atomic E-state index is 0.0498. The maximum atomic E-state index is 14.3. The Balaban J connectivity index is 2.28. The summed E-state index contributed by atoms with van der Waals surface area (Å²) >= 11 is 2.00. The third-order valence-corrected chi connectivity index (χ3v) is 5.01. The van der Waals surface area contributed by atoms with E-state index in [0.717, 1.165) is 3.57 Å². The van der Waals surface area contributed by atoms with E-state index in [4.69, 9.17) is 9.52 Å². The van der Waals surface area contributed by atoms with Gasteiger partial charge in [0.25, 0.3) is 5.56 Å². The zero-order valence-electron chi connectivity index (χ0n) is 14.8. The normalized spacial score (nSPS) is 11.1. The molecule has 27 heavy (non-hydrogen) atoms. The topological polar surface area (TPSA) is 84.5 Å². The van der Waals surface area contributed by atoms with Crippen molar-refractivity contribution < 1.29 is 13.9 Å². The van der Waals surface area contributed by atoms with Crippen molar-refractivity contribution >= 4 is 44.9 Å². The summed E-state index contributed by atoms with van der Waals surface area (Å²) in [6.07, 6.45) is 0.413. The van der Waals surface area contributed by atoms with Gasteiger partial charge in [-0.25, -0.2) is 9.18 Å². The number of aliphatic hydroxyl groups excluding tert-OH is 1. The summed E-state index contributed by atoms with van der Waals surface area (Å²) in [5.74, 6) is -0.490. The number of halogens is 2. The summed E-state index contributed by atoms with van der Waals surface area (Å²) in [5, 5.41) is 12.1. The molecule has 6 nitrogen and oxygen atoms in total. The molecular weight excluding hydrogens is 466 g/mol. The van der Waals surface area contributed by atoms with Crippen LogP contribution in [0.15, 0.2) is 38.3 Å². The molecule has 0 atom stereocenters. The van der Waals surface area contributed by atoms with E-state index in [1.165, 1.54) is 17.6 Å². The van der Waals surface area contributed by atoms with Crippen molar-refractivity contribution in [3.63, 3.8) is 0 Å². The van der Waals surface area contributed by atoms with Gasteiger partial charge < -0.3 is 19.4 Å². The molecule has 0 saturated carbocycles. The van der Waals surface area contributed by atoms with Gasteiger partial charge in [-0.3, -0.25) is 4.79 Å². The number of pyridine rings is 1. The molecule has 2 N–H and O–H groups in total. The van der Waals surface area contributed by atoms with Crippen LogP contribution in [0.5, 0.6) is 0 Å². The molecule has 0 amide bonds. The fourth-order valence-electron chi connectivity index (χ4n) is 2.91. The number of aliphatic hydroxyl groups is 1. The summed E-state index contributed by atoms with van der Waals surface area (Å²) in [4.78, 5) is 25.3. The van der Waals surface area contributed by atoms with Crippen molar-refractivity contribution in [1.82, 2.24) is 4.57 Å². The fourth-order valence-corrected chi connectivity index (χ4v) is 3.36. The molecule has 0 aliphatic rings. The highest BCUT2D eigenvalue weighted by Gasteiger charge is 2.18. The van der Waals surface area contributed by atoms with Gasteiger partial charge in [0, 0.05) is 28.5 Å². The number of benzene rings is 1. The van der Waals surface area contributed by atoms with Crippen molar-refractivity contribution in [1.29, 1.82) is 0 Å².